The molecule has 0 bridgehead atoms. The van der Waals surface area contributed by atoms with Crippen LogP contribution in [0, 0.1) is 0 Å². The summed E-state index contributed by atoms with van der Waals surface area (Å²) < 4.78 is 0. The molecule has 1 aromatic heterocycles. The molecule has 200 valence electrons. The van der Waals surface area contributed by atoms with Gasteiger partial charge in [-0.05, 0) is 29.7 Å². The molecule has 0 fully saturated rings. The minimum absolute atomic E-state index is 0.0257. The van der Waals surface area contributed by atoms with E-state index in [1.54, 1.807) is 42.5 Å². The third kappa shape index (κ3) is 8.75. The van der Waals surface area contributed by atoms with Gasteiger partial charge in [0, 0.05) is 24.7 Å². The number of carbonyl (C=O) groups excluding carboxylic acids is 3. The lowest BCUT2D eigenvalue weighted by Crippen LogP contribution is -2.55. The van der Waals surface area contributed by atoms with E-state index in [2.05, 4.69) is 25.9 Å². The van der Waals surface area contributed by atoms with Crippen LogP contribution in [0.4, 0.5) is 0 Å². The number of carboxylic acid groups (broad SMARTS) is 1. The standard InChI is InChI=1S/C26H30N6O6/c27-20(10-17-6-8-19(33)9-7-17)24(35)29-14-23(34)31-21(11-16-4-2-1-3-5-16)25(36)32-22(26(37)38)12-18-13-28-15-30-18/h1-9,13,15,20-22,33H,10-12,14,27H2,(H,28,30)(H,29,35)(H,31,34)(H,32,36)(H,37,38). The van der Waals surface area contributed by atoms with Gasteiger partial charge >= 0.3 is 5.97 Å². The second kappa shape index (κ2) is 13.6. The fourth-order valence-corrected chi connectivity index (χ4v) is 3.67. The second-order valence-corrected chi connectivity index (χ2v) is 8.69. The number of phenols is 1. The van der Waals surface area contributed by atoms with Gasteiger partial charge in [-0.3, -0.25) is 14.4 Å². The lowest BCUT2D eigenvalue weighted by Gasteiger charge is -2.22. The first kappa shape index (κ1) is 27.9. The van der Waals surface area contributed by atoms with Gasteiger partial charge in [0.1, 0.15) is 17.8 Å². The molecule has 38 heavy (non-hydrogen) atoms. The molecule has 3 atom stereocenters. The van der Waals surface area contributed by atoms with Crippen LogP contribution in [0.3, 0.4) is 0 Å². The summed E-state index contributed by atoms with van der Waals surface area (Å²) >= 11 is 0. The third-order valence-corrected chi connectivity index (χ3v) is 5.68. The molecular formula is C26H30N6O6. The molecule has 12 heteroatoms. The average Bonchev–Trinajstić information content (AvgIpc) is 3.41. The molecule has 0 spiro atoms. The fraction of sp³-hybridized carbons (Fsp3) is 0.269. The van der Waals surface area contributed by atoms with Crippen molar-refractivity contribution in [1.29, 1.82) is 0 Å². The molecule has 0 aliphatic carbocycles. The molecule has 0 radical (unpaired) electrons. The number of nitrogens with two attached hydrogens (primary N) is 1. The number of nitrogens with one attached hydrogen (secondary N) is 4. The lowest BCUT2D eigenvalue weighted by molar-refractivity contribution is -0.142. The smallest absolute Gasteiger partial charge is 0.326 e. The number of hydrogen-bond acceptors (Lipinski definition) is 7. The number of carboxylic acids is 1. The van der Waals surface area contributed by atoms with E-state index in [9.17, 15) is 29.4 Å². The van der Waals surface area contributed by atoms with Crippen molar-refractivity contribution in [3.63, 3.8) is 0 Å². The molecular weight excluding hydrogens is 492 g/mol. The number of amides is 3. The molecule has 3 rings (SSSR count). The van der Waals surface area contributed by atoms with E-state index in [4.69, 9.17) is 5.73 Å². The van der Waals surface area contributed by atoms with Gasteiger partial charge in [0.15, 0.2) is 0 Å². The van der Waals surface area contributed by atoms with Crippen molar-refractivity contribution >= 4 is 23.7 Å². The number of aromatic amines is 1. The van der Waals surface area contributed by atoms with E-state index < -0.39 is 48.4 Å². The number of imidazole rings is 1. The molecule has 2 aromatic carbocycles. The second-order valence-electron chi connectivity index (χ2n) is 8.69. The number of carbonyl (C=O) groups is 4. The molecule has 1 heterocycles. The van der Waals surface area contributed by atoms with E-state index in [1.807, 2.05) is 0 Å². The van der Waals surface area contributed by atoms with Crippen molar-refractivity contribution in [3.8, 4) is 5.75 Å². The van der Waals surface area contributed by atoms with Gasteiger partial charge in [0.25, 0.3) is 0 Å². The largest absolute Gasteiger partial charge is 0.508 e. The van der Waals surface area contributed by atoms with Crippen LogP contribution >= 0.6 is 0 Å². The summed E-state index contributed by atoms with van der Waals surface area (Å²) in [6, 6.07) is 11.9. The van der Waals surface area contributed by atoms with Crippen molar-refractivity contribution in [3.05, 3.63) is 83.9 Å². The van der Waals surface area contributed by atoms with Crippen LogP contribution in [0.5, 0.6) is 5.75 Å². The van der Waals surface area contributed by atoms with Crippen LogP contribution in [-0.2, 0) is 38.4 Å². The van der Waals surface area contributed by atoms with E-state index >= 15 is 0 Å². The Morgan fingerprint density at radius 3 is 2.18 bits per heavy atom. The summed E-state index contributed by atoms with van der Waals surface area (Å²) in [4.78, 5) is 56.5. The number of benzene rings is 2. The van der Waals surface area contributed by atoms with Gasteiger partial charge < -0.3 is 36.9 Å². The summed E-state index contributed by atoms with van der Waals surface area (Å²) in [5.74, 6) is -3.06. The zero-order valence-corrected chi connectivity index (χ0v) is 20.5. The maximum absolute atomic E-state index is 13.1. The monoisotopic (exact) mass is 522 g/mol. The zero-order chi connectivity index (χ0) is 27.5. The molecule has 8 N–H and O–H groups in total. The maximum atomic E-state index is 13.1. The predicted molar refractivity (Wildman–Crippen MR) is 137 cm³/mol. The summed E-state index contributed by atoms with van der Waals surface area (Å²) in [5, 5.41) is 26.4. The van der Waals surface area contributed by atoms with Gasteiger partial charge in [0.05, 0.1) is 18.9 Å². The van der Waals surface area contributed by atoms with Gasteiger partial charge in [-0.1, -0.05) is 42.5 Å². The number of nitrogens with zero attached hydrogens (tertiary/aromatic N) is 1. The first-order valence-corrected chi connectivity index (χ1v) is 11.9. The van der Waals surface area contributed by atoms with Gasteiger partial charge in [-0.15, -0.1) is 0 Å². The number of phenolic OH excluding ortho intramolecular Hbond substituents is 1. The predicted octanol–water partition coefficient (Wildman–Crippen LogP) is -0.359. The minimum Gasteiger partial charge on any atom is -0.508 e. The lowest BCUT2D eigenvalue weighted by atomic mass is 10.0. The SMILES string of the molecule is NC(Cc1ccc(O)cc1)C(=O)NCC(=O)NC(Cc1ccccc1)C(=O)NC(Cc1cnc[nH]1)C(=O)O. The maximum Gasteiger partial charge on any atom is 0.326 e. The average molecular weight is 523 g/mol. The number of aliphatic carboxylic acids is 1. The van der Waals surface area contributed by atoms with Crippen molar-refractivity contribution in [1.82, 2.24) is 25.9 Å². The highest BCUT2D eigenvalue weighted by atomic mass is 16.4. The van der Waals surface area contributed by atoms with E-state index in [0.717, 1.165) is 11.1 Å². The first-order chi connectivity index (χ1) is 18.2. The summed E-state index contributed by atoms with van der Waals surface area (Å²) in [5.41, 5.74) is 7.93. The van der Waals surface area contributed by atoms with Gasteiger partial charge in [-0.25, -0.2) is 9.78 Å². The molecule has 0 aliphatic heterocycles. The zero-order valence-electron chi connectivity index (χ0n) is 20.5. The van der Waals surface area contributed by atoms with Crippen LogP contribution in [-0.4, -0.2) is 68.5 Å². The normalized spacial score (nSPS) is 13.1. The molecule has 3 unspecified atom stereocenters. The Morgan fingerprint density at radius 2 is 1.55 bits per heavy atom. The molecule has 0 saturated heterocycles. The number of rotatable bonds is 13. The number of H-pyrrole nitrogens is 1. The Morgan fingerprint density at radius 1 is 0.868 bits per heavy atom. The van der Waals surface area contributed by atoms with Crippen molar-refractivity contribution in [2.75, 3.05) is 6.54 Å². The Bertz CT molecular complexity index is 1220. The minimum atomic E-state index is -1.25. The highest BCUT2D eigenvalue weighted by Crippen LogP contribution is 2.11. The van der Waals surface area contributed by atoms with Crippen LogP contribution < -0.4 is 21.7 Å². The molecule has 3 amide bonds. The van der Waals surface area contributed by atoms with Gasteiger partial charge in [0.2, 0.25) is 17.7 Å². The summed E-state index contributed by atoms with van der Waals surface area (Å²) in [6.07, 6.45) is 3.13. The Balaban J connectivity index is 1.60. The van der Waals surface area contributed by atoms with Crippen LogP contribution in [0.15, 0.2) is 67.1 Å². The van der Waals surface area contributed by atoms with Gasteiger partial charge in [-0.2, -0.15) is 0 Å². The van der Waals surface area contributed by atoms with E-state index in [0.29, 0.717) is 5.69 Å². The molecule has 0 aliphatic rings. The van der Waals surface area contributed by atoms with Crippen LogP contribution in [0.25, 0.3) is 0 Å². The van der Waals surface area contributed by atoms with E-state index in [1.165, 1.54) is 24.7 Å². The third-order valence-electron chi connectivity index (χ3n) is 5.68. The molecule has 0 saturated carbocycles. The molecule has 12 nitrogen and oxygen atoms in total. The highest BCUT2D eigenvalue weighted by Gasteiger charge is 2.27. The topological polar surface area (TPSA) is 200 Å². The number of aromatic nitrogens is 2. The number of aromatic hydroxyl groups is 1. The van der Waals surface area contributed by atoms with Crippen molar-refractivity contribution in [2.24, 2.45) is 5.73 Å². The fourth-order valence-electron chi connectivity index (χ4n) is 3.67. The van der Waals surface area contributed by atoms with Crippen LogP contribution in [0.1, 0.15) is 16.8 Å². The Hall–Kier alpha value is -4.71. The quantitative estimate of drug-likeness (QED) is 0.158. The summed E-state index contributed by atoms with van der Waals surface area (Å²) in [6.45, 7) is -0.433. The van der Waals surface area contributed by atoms with Crippen molar-refractivity contribution in [2.45, 2.75) is 37.4 Å². The van der Waals surface area contributed by atoms with Crippen molar-refractivity contribution < 1.29 is 29.4 Å². The summed E-state index contributed by atoms with van der Waals surface area (Å²) in [7, 11) is 0. The highest BCUT2D eigenvalue weighted by molar-refractivity contribution is 5.92. The Kier molecular flexibility index (Phi) is 9.94. The molecule has 3 aromatic rings. The Labute approximate surface area is 218 Å². The first-order valence-electron chi connectivity index (χ1n) is 11.9. The van der Waals surface area contributed by atoms with Crippen LogP contribution in [0.2, 0.25) is 0 Å². The number of hydrogen-bond donors (Lipinski definition) is 7. The van der Waals surface area contributed by atoms with E-state index in [-0.39, 0.29) is 25.0 Å².